The SMILES string of the molecule is CCCCC/C=C(\C)OS(=O)(=O)c1ccc(C)cc1. The molecule has 1 aromatic rings. The van der Waals surface area contributed by atoms with Gasteiger partial charge in [-0.15, -0.1) is 0 Å². The molecule has 0 N–H and O–H groups in total. The van der Waals surface area contributed by atoms with E-state index in [2.05, 4.69) is 6.92 Å². The molecule has 19 heavy (non-hydrogen) atoms. The van der Waals surface area contributed by atoms with Gasteiger partial charge in [-0.1, -0.05) is 37.5 Å². The first-order valence-corrected chi connectivity index (χ1v) is 8.04. The minimum atomic E-state index is -3.69. The third-order valence-corrected chi connectivity index (χ3v) is 4.12. The predicted molar refractivity (Wildman–Crippen MR) is 77.3 cm³/mol. The molecule has 0 unspecified atom stereocenters. The molecular weight excluding hydrogens is 260 g/mol. The Morgan fingerprint density at radius 1 is 1.21 bits per heavy atom. The summed E-state index contributed by atoms with van der Waals surface area (Å²) in [5.41, 5.74) is 1.02. The van der Waals surface area contributed by atoms with Crippen molar-refractivity contribution >= 4 is 10.1 Å². The number of benzene rings is 1. The molecule has 0 bridgehead atoms. The molecule has 0 saturated heterocycles. The van der Waals surface area contributed by atoms with Gasteiger partial charge in [0.25, 0.3) is 0 Å². The highest BCUT2D eigenvalue weighted by molar-refractivity contribution is 7.86. The fraction of sp³-hybridized carbons (Fsp3) is 0.467. The van der Waals surface area contributed by atoms with Crippen LogP contribution in [0.3, 0.4) is 0 Å². The van der Waals surface area contributed by atoms with Gasteiger partial charge in [-0.3, -0.25) is 0 Å². The summed E-state index contributed by atoms with van der Waals surface area (Å²) >= 11 is 0. The van der Waals surface area contributed by atoms with Gasteiger partial charge in [-0.25, -0.2) is 0 Å². The lowest BCUT2D eigenvalue weighted by Gasteiger charge is -2.07. The zero-order valence-electron chi connectivity index (χ0n) is 11.8. The van der Waals surface area contributed by atoms with Crippen LogP contribution in [0.15, 0.2) is 41.0 Å². The van der Waals surface area contributed by atoms with Crippen LogP contribution >= 0.6 is 0 Å². The van der Waals surface area contributed by atoms with Gasteiger partial charge in [0.2, 0.25) is 0 Å². The van der Waals surface area contributed by atoms with Gasteiger partial charge in [0.05, 0.1) is 0 Å². The molecule has 0 saturated carbocycles. The summed E-state index contributed by atoms with van der Waals surface area (Å²) in [5.74, 6) is 0.441. The normalized spacial score (nSPS) is 12.5. The maximum absolute atomic E-state index is 12.0. The van der Waals surface area contributed by atoms with Crippen molar-refractivity contribution < 1.29 is 12.6 Å². The van der Waals surface area contributed by atoms with Crippen molar-refractivity contribution in [2.24, 2.45) is 0 Å². The minimum absolute atomic E-state index is 0.194. The highest BCUT2D eigenvalue weighted by Gasteiger charge is 2.15. The monoisotopic (exact) mass is 282 g/mol. The molecule has 4 heteroatoms. The molecule has 0 radical (unpaired) electrons. The van der Waals surface area contributed by atoms with Gasteiger partial charge < -0.3 is 4.18 Å². The lowest BCUT2D eigenvalue weighted by Crippen LogP contribution is -2.05. The summed E-state index contributed by atoms with van der Waals surface area (Å²) < 4.78 is 29.0. The fourth-order valence-electron chi connectivity index (χ4n) is 1.66. The second kappa shape index (κ2) is 7.34. The Balaban J connectivity index is 2.66. The van der Waals surface area contributed by atoms with Crippen LogP contribution in [0.25, 0.3) is 0 Å². The average Bonchev–Trinajstić information content (AvgIpc) is 2.34. The largest absolute Gasteiger partial charge is 0.384 e. The van der Waals surface area contributed by atoms with Gasteiger partial charge in [-0.2, -0.15) is 8.42 Å². The van der Waals surface area contributed by atoms with E-state index in [1.807, 2.05) is 13.0 Å². The van der Waals surface area contributed by atoms with Crippen LogP contribution < -0.4 is 0 Å². The third-order valence-electron chi connectivity index (χ3n) is 2.79. The Morgan fingerprint density at radius 2 is 1.84 bits per heavy atom. The smallest absolute Gasteiger partial charge is 0.338 e. The van der Waals surface area contributed by atoms with Crippen molar-refractivity contribution in [2.45, 2.75) is 51.3 Å². The molecule has 0 aliphatic heterocycles. The highest BCUT2D eigenvalue weighted by Crippen LogP contribution is 2.17. The van der Waals surface area contributed by atoms with Gasteiger partial charge in [0.15, 0.2) is 0 Å². The van der Waals surface area contributed by atoms with E-state index in [0.29, 0.717) is 5.76 Å². The summed E-state index contributed by atoms with van der Waals surface area (Å²) in [7, 11) is -3.69. The molecule has 0 atom stereocenters. The first-order chi connectivity index (χ1) is 8.95. The summed E-state index contributed by atoms with van der Waals surface area (Å²) in [6, 6.07) is 6.65. The van der Waals surface area contributed by atoms with Gasteiger partial charge in [-0.05, 0) is 44.9 Å². The molecule has 0 aromatic heterocycles. The summed E-state index contributed by atoms with van der Waals surface area (Å²) in [4.78, 5) is 0.194. The predicted octanol–water partition coefficient (Wildman–Crippen LogP) is 4.18. The first-order valence-electron chi connectivity index (χ1n) is 6.63. The molecule has 0 amide bonds. The Kier molecular flexibility index (Phi) is 6.09. The number of allylic oxidation sites excluding steroid dienone is 2. The van der Waals surface area contributed by atoms with Crippen molar-refractivity contribution in [3.05, 3.63) is 41.7 Å². The average molecular weight is 282 g/mol. The quantitative estimate of drug-likeness (QED) is 0.428. The second-order valence-corrected chi connectivity index (χ2v) is 6.21. The van der Waals surface area contributed by atoms with Crippen LogP contribution in [-0.4, -0.2) is 8.42 Å². The van der Waals surface area contributed by atoms with Crippen LogP contribution in [0.5, 0.6) is 0 Å². The molecule has 106 valence electrons. The molecule has 1 aromatic carbocycles. The van der Waals surface area contributed by atoms with E-state index in [4.69, 9.17) is 4.18 Å². The number of unbranched alkanes of at least 4 members (excludes halogenated alkanes) is 3. The van der Waals surface area contributed by atoms with Crippen molar-refractivity contribution in [2.75, 3.05) is 0 Å². The van der Waals surface area contributed by atoms with E-state index in [0.717, 1.165) is 31.2 Å². The maximum Gasteiger partial charge on any atom is 0.338 e. The lowest BCUT2D eigenvalue weighted by molar-refractivity contribution is 0.405. The summed E-state index contributed by atoms with van der Waals surface area (Å²) in [5, 5.41) is 0. The number of hydrogen-bond acceptors (Lipinski definition) is 3. The zero-order chi connectivity index (χ0) is 14.3. The topological polar surface area (TPSA) is 43.4 Å². The molecule has 0 fully saturated rings. The standard InChI is InChI=1S/C15H22O3S/c1-4-5-6-7-8-14(3)18-19(16,17)15-11-9-13(2)10-12-15/h8-12H,4-7H2,1-3H3/b14-8+. The van der Waals surface area contributed by atoms with E-state index in [-0.39, 0.29) is 4.90 Å². The molecule has 3 nitrogen and oxygen atoms in total. The Hall–Kier alpha value is -1.29. The number of hydrogen-bond donors (Lipinski definition) is 0. The van der Waals surface area contributed by atoms with E-state index >= 15 is 0 Å². The van der Waals surface area contributed by atoms with Crippen molar-refractivity contribution in [3.63, 3.8) is 0 Å². The Morgan fingerprint density at radius 3 is 2.42 bits per heavy atom. The Labute approximate surface area is 116 Å². The van der Waals surface area contributed by atoms with Crippen molar-refractivity contribution in [1.29, 1.82) is 0 Å². The van der Waals surface area contributed by atoms with E-state index in [1.54, 1.807) is 31.2 Å². The number of rotatable bonds is 7. The molecule has 0 aliphatic rings. The van der Waals surface area contributed by atoms with Gasteiger partial charge >= 0.3 is 10.1 Å². The fourth-order valence-corrected chi connectivity index (χ4v) is 2.64. The van der Waals surface area contributed by atoms with Gasteiger partial charge in [0, 0.05) is 0 Å². The zero-order valence-corrected chi connectivity index (χ0v) is 12.7. The number of aryl methyl sites for hydroxylation is 1. The highest BCUT2D eigenvalue weighted by atomic mass is 32.2. The Bertz CT molecular complexity index is 513. The van der Waals surface area contributed by atoms with Crippen LogP contribution in [0, 0.1) is 6.92 Å². The minimum Gasteiger partial charge on any atom is -0.384 e. The third kappa shape index (κ3) is 5.47. The van der Waals surface area contributed by atoms with Crippen LogP contribution in [0.1, 0.15) is 45.1 Å². The molecule has 1 rings (SSSR count). The van der Waals surface area contributed by atoms with Gasteiger partial charge in [0.1, 0.15) is 10.7 Å². The second-order valence-electron chi connectivity index (χ2n) is 4.66. The van der Waals surface area contributed by atoms with E-state index < -0.39 is 10.1 Å². The molecule has 0 spiro atoms. The maximum atomic E-state index is 12.0. The molecular formula is C15H22O3S. The lowest BCUT2D eigenvalue weighted by atomic mass is 10.2. The van der Waals surface area contributed by atoms with Crippen LogP contribution in [0.2, 0.25) is 0 Å². The van der Waals surface area contributed by atoms with Crippen molar-refractivity contribution in [3.8, 4) is 0 Å². The van der Waals surface area contributed by atoms with E-state index in [9.17, 15) is 8.42 Å². The summed E-state index contributed by atoms with van der Waals surface area (Å²) in [6.07, 6.45) is 6.04. The van der Waals surface area contributed by atoms with Crippen LogP contribution in [-0.2, 0) is 14.3 Å². The first kappa shape index (κ1) is 15.8. The van der Waals surface area contributed by atoms with E-state index in [1.165, 1.54) is 0 Å². The van der Waals surface area contributed by atoms with Crippen LogP contribution in [0.4, 0.5) is 0 Å². The van der Waals surface area contributed by atoms with Crippen molar-refractivity contribution in [1.82, 2.24) is 0 Å². The molecule has 0 aliphatic carbocycles. The summed E-state index contributed by atoms with van der Waals surface area (Å²) in [6.45, 7) is 5.72. The molecule has 0 heterocycles.